The third-order valence-electron chi connectivity index (χ3n) is 9.62. The highest BCUT2D eigenvalue weighted by molar-refractivity contribution is 6.34. The van der Waals surface area contributed by atoms with E-state index in [0.29, 0.717) is 79.6 Å². The van der Waals surface area contributed by atoms with Crippen LogP contribution in [-0.4, -0.2) is 134 Å². The predicted octanol–water partition coefficient (Wildman–Crippen LogP) is 4.36. The van der Waals surface area contributed by atoms with Crippen molar-refractivity contribution >= 4 is 64.4 Å². The molecule has 17 heteroatoms. The summed E-state index contributed by atoms with van der Waals surface area (Å²) in [5, 5.41) is 2.78. The number of nitrogens with one attached hydrogen (secondary N) is 1. The third kappa shape index (κ3) is 10.3. The van der Waals surface area contributed by atoms with E-state index in [-0.39, 0.29) is 39.2 Å². The van der Waals surface area contributed by atoms with E-state index in [1.54, 1.807) is 50.2 Å². The van der Waals surface area contributed by atoms with Gasteiger partial charge in [0.05, 0.1) is 80.9 Å². The number of carbonyl (C=O) groups is 4. The number of quaternary nitrogens is 1. The molecule has 296 valence electrons. The van der Waals surface area contributed by atoms with Crippen LogP contribution in [0.3, 0.4) is 0 Å². The standard InChI is InChI=1S/C36H43Cl2FN8O4.C2H4O2/c1-22(41-11-17-51-5)28(19-40)25-8-9-27(31(38)32(25)39)30-20-42-33(44(30)2)34(48)43-24-6-7-26(29(37)18-24)36(50)46-14-12-45(13-15-46)35(49)23-10-16-47(3,4)21-23;1-4-2-3/h6-9,18-20,23H,10-17,21H2,1-5H3,(H2-,40,41,43,48,50);2H,1H3/p+1. The molecule has 0 bridgehead atoms. The molecule has 2 fully saturated rings. The summed E-state index contributed by atoms with van der Waals surface area (Å²) in [5.41, 5.74) is 8.33. The van der Waals surface area contributed by atoms with Crippen molar-refractivity contribution in [2.24, 2.45) is 23.7 Å². The number of ether oxygens (including phenoxy) is 2. The first-order valence-electron chi connectivity index (χ1n) is 17.6. The second kappa shape index (κ2) is 19.2. The molecule has 3 aromatic rings. The quantitative estimate of drug-likeness (QED) is 0.125. The molecule has 1 atom stereocenters. The number of anilines is 1. The fraction of sp³-hybridized carbons (Fsp3) is 0.421. The molecule has 0 spiro atoms. The Morgan fingerprint density at radius 3 is 2.33 bits per heavy atom. The van der Waals surface area contributed by atoms with Gasteiger partial charge in [-0.1, -0.05) is 35.3 Å². The van der Waals surface area contributed by atoms with Gasteiger partial charge >= 0.3 is 0 Å². The highest BCUT2D eigenvalue weighted by Gasteiger charge is 2.38. The van der Waals surface area contributed by atoms with E-state index < -0.39 is 11.7 Å². The van der Waals surface area contributed by atoms with Crippen molar-refractivity contribution in [2.45, 2.75) is 13.3 Å². The molecule has 2 saturated heterocycles. The number of nitrogens with two attached hydrogens (primary N) is 1. The Morgan fingerprint density at radius 1 is 1.09 bits per heavy atom. The molecule has 0 radical (unpaired) electrons. The van der Waals surface area contributed by atoms with E-state index in [0.717, 1.165) is 24.0 Å². The first kappa shape index (κ1) is 42.9. The summed E-state index contributed by atoms with van der Waals surface area (Å²) in [4.78, 5) is 60.9. The van der Waals surface area contributed by atoms with E-state index in [1.165, 1.54) is 30.1 Å². The van der Waals surface area contributed by atoms with Crippen LogP contribution >= 0.6 is 23.2 Å². The Morgan fingerprint density at radius 2 is 1.75 bits per heavy atom. The Kier molecular flexibility index (Phi) is 14.9. The molecule has 2 aromatic carbocycles. The highest BCUT2D eigenvalue weighted by atomic mass is 35.5. The van der Waals surface area contributed by atoms with Gasteiger partial charge in [0.15, 0.2) is 5.82 Å². The zero-order chi connectivity index (χ0) is 40.4. The van der Waals surface area contributed by atoms with Crippen LogP contribution in [0.1, 0.15) is 39.9 Å². The van der Waals surface area contributed by atoms with Crippen molar-refractivity contribution in [3.63, 3.8) is 0 Å². The van der Waals surface area contributed by atoms with E-state index in [9.17, 15) is 14.4 Å². The van der Waals surface area contributed by atoms with Gasteiger partial charge in [-0.2, -0.15) is 0 Å². The van der Waals surface area contributed by atoms with E-state index >= 15 is 4.39 Å². The highest BCUT2D eigenvalue weighted by Crippen LogP contribution is 2.35. The van der Waals surface area contributed by atoms with Gasteiger partial charge in [-0.15, -0.1) is 0 Å². The molecule has 0 aliphatic carbocycles. The largest absolute Gasteiger partial charge is 0.471 e. The molecule has 5 rings (SSSR count). The van der Waals surface area contributed by atoms with Gasteiger partial charge in [0, 0.05) is 81.1 Å². The Bertz CT molecular complexity index is 1960. The number of hydrogen-bond donors (Lipinski definition) is 2. The van der Waals surface area contributed by atoms with Crippen LogP contribution < -0.4 is 11.1 Å². The number of imidazole rings is 1. The molecule has 1 aromatic heterocycles. The maximum absolute atomic E-state index is 15.6. The van der Waals surface area contributed by atoms with Gasteiger partial charge in [-0.25, -0.2) is 9.37 Å². The monoisotopic (exact) mass is 801 g/mol. The van der Waals surface area contributed by atoms with Gasteiger partial charge in [0.1, 0.15) is 5.82 Å². The summed E-state index contributed by atoms with van der Waals surface area (Å²) in [6, 6.07) is 7.85. The predicted molar refractivity (Wildman–Crippen MR) is 211 cm³/mol. The van der Waals surface area contributed by atoms with E-state index in [4.69, 9.17) is 38.5 Å². The zero-order valence-corrected chi connectivity index (χ0v) is 33.4. The van der Waals surface area contributed by atoms with Gasteiger partial charge in [-0.3, -0.25) is 24.2 Å². The molecule has 14 nitrogen and oxygen atoms in total. The number of piperazine rings is 1. The van der Waals surface area contributed by atoms with Crippen LogP contribution in [0.25, 0.3) is 16.8 Å². The second-order valence-electron chi connectivity index (χ2n) is 13.8. The number of nitrogens with zero attached hydrogens (tertiary/aromatic N) is 6. The van der Waals surface area contributed by atoms with Gasteiger partial charge < -0.3 is 39.4 Å². The lowest BCUT2D eigenvalue weighted by Gasteiger charge is -2.36. The number of rotatable bonds is 11. The molecule has 2 aliphatic rings. The lowest BCUT2D eigenvalue weighted by molar-refractivity contribution is -0.878. The summed E-state index contributed by atoms with van der Waals surface area (Å²) in [6.07, 6.45) is 3.60. The normalized spacial score (nSPS) is 17.0. The molecule has 3 heterocycles. The van der Waals surface area contributed by atoms with Crippen LogP contribution in [0.4, 0.5) is 10.1 Å². The number of methoxy groups -OCH3 is 2. The Labute approximate surface area is 330 Å². The summed E-state index contributed by atoms with van der Waals surface area (Å²) in [5.74, 6) is -1.24. The number of benzene rings is 2. The van der Waals surface area contributed by atoms with Gasteiger partial charge in [-0.05, 0) is 25.1 Å². The zero-order valence-electron chi connectivity index (χ0n) is 31.9. The van der Waals surface area contributed by atoms with Crippen LogP contribution in [0, 0.1) is 11.7 Å². The Balaban J connectivity index is 0.00000160. The van der Waals surface area contributed by atoms with E-state index in [1.807, 2.05) is 4.90 Å². The number of aromatic nitrogens is 2. The second-order valence-corrected chi connectivity index (χ2v) is 14.6. The first-order valence-corrected chi connectivity index (χ1v) is 18.3. The van der Waals surface area contributed by atoms with Gasteiger partial charge in [0.25, 0.3) is 18.3 Å². The van der Waals surface area contributed by atoms with Gasteiger partial charge in [0.2, 0.25) is 5.91 Å². The number of allylic oxidation sites excluding steroid dienone is 1. The molecule has 0 saturated carbocycles. The number of hydrogen-bond acceptors (Lipinski definition) is 9. The molecule has 2 aliphatic heterocycles. The van der Waals surface area contributed by atoms with Crippen LogP contribution in [0.5, 0.6) is 0 Å². The van der Waals surface area contributed by atoms with Crippen molar-refractivity contribution in [3.05, 3.63) is 75.5 Å². The maximum Gasteiger partial charge on any atom is 0.292 e. The number of amides is 3. The molecule has 1 unspecified atom stereocenters. The summed E-state index contributed by atoms with van der Waals surface area (Å²) >= 11 is 13.1. The minimum atomic E-state index is -0.688. The molecular weight excluding hydrogens is 754 g/mol. The van der Waals surface area contributed by atoms with Crippen LogP contribution in [-0.2, 0) is 26.1 Å². The number of carbonyl (C=O) groups excluding carboxylic acids is 4. The lowest BCUT2D eigenvalue weighted by Crippen LogP contribution is -2.52. The average molecular weight is 803 g/mol. The molecule has 55 heavy (non-hydrogen) atoms. The minimum Gasteiger partial charge on any atom is -0.471 e. The fourth-order valence-corrected chi connectivity index (χ4v) is 7.14. The van der Waals surface area contributed by atoms with Crippen LogP contribution in [0.15, 0.2) is 47.7 Å². The van der Waals surface area contributed by atoms with Crippen molar-refractivity contribution < 1.29 is 37.5 Å². The average Bonchev–Trinajstić information content (AvgIpc) is 3.74. The molecule has 3 amide bonds. The van der Waals surface area contributed by atoms with Crippen molar-refractivity contribution in [2.75, 3.05) is 86.1 Å². The maximum atomic E-state index is 15.6. The first-order chi connectivity index (χ1) is 26.2. The van der Waals surface area contributed by atoms with Crippen LogP contribution in [0.2, 0.25) is 10.0 Å². The lowest BCUT2D eigenvalue weighted by atomic mass is 9.99. The minimum absolute atomic E-state index is 0.0264. The third-order valence-corrected chi connectivity index (χ3v) is 10.3. The van der Waals surface area contributed by atoms with Crippen molar-refractivity contribution in [1.82, 2.24) is 19.4 Å². The molecular formula is C38H48Cl2FN8O6+. The van der Waals surface area contributed by atoms with Crippen molar-refractivity contribution in [3.8, 4) is 11.3 Å². The fourth-order valence-electron chi connectivity index (χ4n) is 6.62. The van der Waals surface area contributed by atoms with E-state index in [2.05, 4.69) is 34.1 Å². The Hall–Kier alpha value is -4.83. The number of likely N-dealkylation sites (tertiary alicyclic amines) is 1. The number of halogens is 3. The van der Waals surface area contributed by atoms with Crippen molar-refractivity contribution in [1.29, 1.82) is 0 Å². The number of aliphatic imine (C=N–C) groups is 1. The SMILES string of the molecule is COC=O.COCCN=C(C)/C(=C\N)c1ccc(-c2cnc(C(=O)Nc3ccc(C(=O)N4CCN(C(=O)C5CC[N+](C)(C)C5)CC4)c(Cl)c3)n2C)c(Cl)c1F. The molecule has 3 N–H and O–H groups in total. The summed E-state index contributed by atoms with van der Waals surface area (Å²) in [6.45, 7) is 6.50. The topological polar surface area (TPSA) is 161 Å². The summed E-state index contributed by atoms with van der Waals surface area (Å²) < 4.78 is 26.9. The smallest absolute Gasteiger partial charge is 0.292 e. The summed E-state index contributed by atoms with van der Waals surface area (Å²) in [7, 11) is 8.78.